The first-order valence-corrected chi connectivity index (χ1v) is 8.80. The van der Waals surface area contributed by atoms with Crippen molar-refractivity contribution in [3.8, 4) is 0 Å². The third-order valence-corrected chi connectivity index (χ3v) is 6.54. The zero-order chi connectivity index (χ0) is 13.1. The van der Waals surface area contributed by atoms with E-state index in [1.807, 2.05) is 0 Å². The second kappa shape index (κ2) is 6.36. The van der Waals surface area contributed by atoms with Crippen LogP contribution in [-0.2, 0) is 6.42 Å². The van der Waals surface area contributed by atoms with Crippen LogP contribution in [0.15, 0.2) is 12.1 Å². The topological polar surface area (TPSA) is 26.0 Å². The van der Waals surface area contributed by atoms with Crippen LogP contribution in [0.25, 0.3) is 0 Å². The number of hydrogen-bond acceptors (Lipinski definition) is 3. The molecule has 1 saturated heterocycles. The standard InChI is InChI=1S/C15H23NS2/c1-10-6-11(2)13(12(3)7-10)8-14(16)15-9-17-4-5-18-15/h6-7,14-15H,4-5,8-9,16H2,1-3H3. The number of aryl methyl sites for hydroxylation is 3. The predicted molar refractivity (Wildman–Crippen MR) is 85.9 cm³/mol. The normalized spacial score (nSPS) is 21.9. The monoisotopic (exact) mass is 281 g/mol. The van der Waals surface area contributed by atoms with E-state index < -0.39 is 0 Å². The molecule has 0 bridgehead atoms. The fourth-order valence-corrected chi connectivity index (χ4v) is 5.47. The summed E-state index contributed by atoms with van der Waals surface area (Å²) in [5, 5.41) is 0.629. The molecule has 18 heavy (non-hydrogen) atoms. The summed E-state index contributed by atoms with van der Waals surface area (Å²) in [7, 11) is 0. The van der Waals surface area contributed by atoms with Gasteiger partial charge in [-0.3, -0.25) is 0 Å². The van der Waals surface area contributed by atoms with Gasteiger partial charge in [-0.15, -0.1) is 0 Å². The maximum absolute atomic E-state index is 6.42. The molecule has 2 N–H and O–H groups in total. The van der Waals surface area contributed by atoms with Crippen molar-refractivity contribution in [1.82, 2.24) is 0 Å². The average Bonchev–Trinajstić information content (AvgIpc) is 2.34. The smallest absolute Gasteiger partial charge is 0.0293 e. The molecule has 1 aliphatic rings. The number of thioether (sulfide) groups is 2. The average molecular weight is 281 g/mol. The van der Waals surface area contributed by atoms with Crippen molar-refractivity contribution in [2.75, 3.05) is 17.3 Å². The zero-order valence-electron chi connectivity index (χ0n) is 11.5. The first kappa shape index (κ1) is 14.3. The third-order valence-electron chi connectivity index (χ3n) is 3.60. The maximum Gasteiger partial charge on any atom is 0.0293 e. The summed E-state index contributed by atoms with van der Waals surface area (Å²) >= 11 is 4.11. The molecule has 1 fully saturated rings. The quantitative estimate of drug-likeness (QED) is 0.920. The number of hydrogen-bond donors (Lipinski definition) is 1. The van der Waals surface area contributed by atoms with Crippen molar-refractivity contribution in [1.29, 1.82) is 0 Å². The lowest BCUT2D eigenvalue weighted by molar-refractivity contribution is 0.659. The molecule has 0 spiro atoms. The number of rotatable bonds is 3. The van der Waals surface area contributed by atoms with Gasteiger partial charge in [-0.05, 0) is 43.9 Å². The number of nitrogens with two attached hydrogens (primary N) is 1. The lowest BCUT2D eigenvalue weighted by Gasteiger charge is -2.27. The molecule has 1 heterocycles. The molecule has 1 aliphatic heterocycles. The molecule has 1 nitrogen and oxygen atoms in total. The van der Waals surface area contributed by atoms with Gasteiger partial charge in [0.2, 0.25) is 0 Å². The van der Waals surface area contributed by atoms with Crippen molar-refractivity contribution in [3.05, 3.63) is 34.4 Å². The molecular weight excluding hydrogens is 258 g/mol. The van der Waals surface area contributed by atoms with Gasteiger partial charge in [-0.2, -0.15) is 23.5 Å². The van der Waals surface area contributed by atoms with Gasteiger partial charge in [-0.25, -0.2) is 0 Å². The van der Waals surface area contributed by atoms with Crippen molar-refractivity contribution in [2.24, 2.45) is 5.73 Å². The van der Waals surface area contributed by atoms with E-state index in [1.165, 1.54) is 39.5 Å². The van der Waals surface area contributed by atoms with Crippen LogP contribution in [0.2, 0.25) is 0 Å². The molecule has 2 unspecified atom stereocenters. The Labute approximate surface area is 119 Å². The lowest BCUT2D eigenvalue weighted by atomic mass is 9.94. The summed E-state index contributed by atoms with van der Waals surface area (Å²) in [6, 6.07) is 4.85. The Morgan fingerprint density at radius 2 is 1.89 bits per heavy atom. The SMILES string of the molecule is Cc1cc(C)c(CC(N)C2CSCCS2)c(C)c1. The van der Waals surface area contributed by atoms with E-state index in [4.69, 9.17) is 5.73 Å². The molecule has 0 saturated carbocycles. The fourth-order valence-electron chi connectivity index (χ4n) is 2.65. The van der Waals surface area contributed by atoms with Crippen LogP contribution in [-0.4, -0.2) is 28.6 Å². The number of benzene rings is 1. The Hall–Kier alpha value is -0.120. The minimum absolute atomic E-state index is 0.294. The Bertz CT molecular complexity index is 388. The zero-order valence-corrected chi connectivity index (χ0v) is 13.2. The molecule has 0 amide bonds. The Kier molecular flexibility index (Phi) is 5.05. The van der Waals surface area contributed by atoms with E-state index in [9.17, 15) is 0 Å². The van der Waals surface area contributed by atoms with Gasteiger partial charge >= 0.3 is 0 Å². The summed E-state index contributed by atoms with van der Waals surface area (Å²) in [6.07, 6.45) is 1.02. The van der Waals surface area contributed by atoms with E-state index in [0.29, 0.717) is 11.3 Å². The molecule has 3 heteroatoms. The van der Waals surface area contributed by atoms with E-state index in [0.717, 1.165) is 6.42 Å². The highest BCUT2D eigenvalue weighted by atomic mass is 32.2. The molecular formula is C15H23NS2. The Morgan fingerprint density at radius 3 is 2.44 bits per heavy atom. The maximum atomic E-state index is 6.42. The highest BCUT2D eigenvalue weighted by Crippen LogP contribution is 2.28. The second-order valence-electron chi connectivity index (χ2n) is 5.23. The molecule has 0 radical (unpaired) electrons. The van der Waals surface area contributed by atoms with Crippen LogP contribution in [0.1, 0.15) is 22.3 Å². The van der Waals surface area contributed by atoms with Gasteiger partial charge in [0.05, 0.1) is 0 Å². The minimum Gasteiger partial charge on any atom is -0.326 e. The van der Waals surface area contributed by atoms with Gasteiger partial charge in [0.1, 0.15) is 0 Å². The predicted octanol–water partition coefficient (Wildman–Crippen LogP) is 3.33. The van der Waals surface area contributed by atoms with E-state index in [2.05, 4.69) is 56.4 Å². The first-order valence-electron chi connectivity index (χ1n) is 6.59. The molecule has 1 aromatic rings. The van der Waals surface area contributed by atoms with Crippen LogP contribution < -0.4 is 5.73 Å². The van der Waals surface area contributed by atoms with Crippen LogP contribution in [0, 0.1) is 20.8 Å². The van der Waals surface area contributed by atoms with Crippen LogP contribution in [0.3, 0.4) is 0 Å². The highest BCUT2D eigenvalue weighted by molar-refractivity contribution is 8.06. The molecule has 2 rings (SSSR count). The van der Waals surface area contributed by atoms with Gasteiger partial charge < -0.3 is 5.73 Å². The Morgan fingerprint density at radius 1 is 1.22 bits per heavy atom. The summed E-state index contributed by atoms with van der Waals surface area (Å²) in [5.41, 5.74) is 12.0. The van der Waals surface area contributed by atoms with E-state index in [-0.39, 0.29) is 0 Å². The summed E-state index contributed by atoms with van der Waals surface area (Å²) in [6.45, 7) is 6.59. The summed E-state index contributed by atoms with van der Waals surface area (Å²) < 4.78 is 0. The van der Waals surface area contributed by atoms with Gasteiger partial charge in [0.15, 0.2) is 0 Å². The van der Waals surface area contributed by atoms with Gasteiger partial charge in [0.25, 0.3) is 0 Å². The largest absolute Gasteiger partial charge is 0.326 e. The fraction of sp³-hybridized carbons (Fsp3) is 0.600. The van der Waals surface area contributed by atoms with Crippen molar-refractivity contribution in [3.63, 3.8) is 0 Å². The molecule has 2 atom stereocenters. The van der Waals surface area contributed by atoms with Crippen LogP contribution >= 0.6 is 23.5 Å². The lowest BCUT2D eigenvalue weighted by Crippen LogP contribution is -2.38. The summed E-state index contributed by atoms with van der Waals surface area (Å²) in [4.78, 5) is 0. The van der Waals surface area contributed by atoms with E-state index >= 15 is 0 Å². The van der Waals surface area contributed by atoms with Crippen LogP contribution in [0.5, 0.6) is 0 Å². The highest BCUT2D eigenvalue weighted by Gasteiger charge is 2.22. The molecule has 0 aliphatic carbocycles. The third kappa shape index (κ3) is 3.46. The van der Waals surface area contributed by atoms with E-state index in [1.54, 1.807) is 0 Å². The molecule has 0 aromatic heterocycles. The van der Waals surface area contributed by atoms with Crippen molar-refractivity contribution in [2.45, 2.75) is 38.5 Å². The Balaban J connectivity index is 2.08. The first-order chi connectivity index (χ1) is 8.58. The minimum atomic E-state index is 0.294. The van der Waals surface area contributed by atoms with Gasteiger partial charge in [0, 0.05) is 28.6 Å². The molecule has 100 valence electrons. The summed E-state index contributed by atoms with van der Waals surface area (Å²) in [5.74, 6) is 3.77. The van der Waals surface area contributed by atoms with Crippen molar-refractivity contribution < 1.29 is 0 Å². The molecule has 1 aromatic carbocycles. The van der Waals surface area contributed by atoms with Crippen molar-refractivity contribution >= 4 is 23.5 Å². The second-order valence-corrected chi connectivity index (χ2v) is 7.73. The van der Waals surface area contributed by atoms with Gasteiger partial charge in [-0.1, -0.05) is 17.7 Å². The van der Waals surface area contributed by atoms with Crippen LogP contribution in [0.4, 0.5) is 0 Å².